The number of nitrogens with one attached hydrogen (secondary N) is 1. The minimum Gasteiger partial charge on any atom is -0.308 e. The molecule has 0 spiro atoms. The third-order valence-electron chi connectivity index (χ3n) is 3.73. The van der Waals surface area contributed by atoms with Gasteiger partial charge in [0.25, 0.3) is 0 Å². The Bertz CT molecular complexity index is 576. The Morgan fingerprint density at radius 2 is 1.95 bits per heavy atom. The summed E-state index contributed by atoms with van der Waals surface area (Å²) in [5.74, 6) is 0. The molecule has 100 valence electrons. The fraction of sp³-hybridized carbons (Fsp3) is 0.375. The van der Waals surface area contributed by atoms with Crippen LogP contribution in [0.3, 0.4) is 0 Å². The number of hydrogen-bond acceptors (Lipinski definition) is 2. The average molecular weight is 292 g/mol. The first-order valence-electron chi connectivity index (χ1n) is 6.83. The molecular formula is C16H18ClNS. The zero-order chi connectivity index (χ0) is 13.2. The van der Waals surface area contributed by atoms with Crippen molar-refractivity contribution in [3.63, 3.8) is 0 Å². The maximum absolute atomic E-state index is 6.04. The summed E-state index contributed by atoms with van der Waals surface area (Å²) in [6.45, 7) is 3.19. The molecule has 1 aromatic heterocycles. The first kappa shape index (κ1) is 13.2. The van der Waals surface area contributed by atoms with Crippen molar-refractivity contribution < 1.29 is 0 Å². The second kappa shape index (κ2) is 5.66. The molecule has 1 aliphatic rings. The highest BCUT2D eigenvalue weighted by atomic mass is 35.5. The second-order valence-electron chi connectivity index (χ2n) is 5.12. The molecule has 1 aromatic carbocycles. The summed E-state index contributed by atoms with van der Waals surface area (Å²) < 4.78 is 0. The van der Waals surface area contributed by atoms with E-state index in [4.69, 9.17) is 11.6 Å². The zero-order valence-corrected chi connectivity index (χ0v) is 12.7. The van der Waals surface area contributed by atoms with E-state index in [0.29, 0.717) is 6.04 Å². The molecule has 0 aliphatic heterocycles. The van der Waals surface area contributed by atoms with E-state index in [1.54, 1.807) is 0 Å². The van der Waals surface area contributed by atoms with Crippen molar-refractivity contribution in [1.29, 1.82) is 0 Å². The van der Waals surface area contributed by atoms with Crippen LogP contribution in [0, 0.1) is 0 Å². The maximum atomic E-state index is 6.04. The van der Waals surface area contributed by atoms with E-state index in [9.17, 15) is 0 Å². The maximum Gasteiger partial charge on any atom is 0.0408 e. The van der Waals surface area contributed by atoms with E-state index in [0.717, 1.165) is 30.8 Å². The van der Waals surface area contributed by atoms with Crippen LogP contribution in [-0.2, 0) is 25.8 Å². The van der Waals surface area contributed by atoms with Gasteiger partial charge in [-0.25, -0.2) is 0 Å². The molecule has 2 aromatic rings. The number of aryl methyl sites for hydroxylation is 1. The molecule has 0 fully saturated rings. The smallest absolute Gasteiger partial charge is 0.0408 e. The highest BCUT2D eigenvalue weighted by Gasteiger charge is 2.21. The Labute approximate surface area is 123 Å². The van der Waals surface area contributed by atoms with Gasteiger partial charge in [-0.05, 0) is 54.7 Å². The summed E-state index contributed by atoms with van der Waals surface area (Å²) in [4.78, 5) is 2.91. The van der Waals surface area contributed by atoms with Gasteiger partial charge in [0.2, 0.25) is 0 Å². The number of thiophene rings is 1. The summed E-state index contributed by atoms with van der Waals surface area (Å²) in [7, 11) is 0. The quantitative estimate of drug-likeness (QED) is 0.889. The molecule has 1 N–H and O–H groups in total. The topological polar surface area (TPSA) is 12.0 Å². The molecule has 3 rings (SSSR count). The minimum atomic E-state index is 0.556. The number of benzene rings is 1. The van der Waals surface area contributed by atoms with Crippen LogP contribution in [-0.4, -0.2) is 6.04 Å². The molecular weight excluding hydrogens is 274 g/mol. The van der Waals surface area contributed by atoms with Crippen LogP contribution in [0.2, 0.25) is 5.02 Å². The van der Waals surface area contributed by atoms with Crippen LogP contribution in [0.1, 0.15) is 27.8 Å². The number of rotatable bonds is 4. The molecule has 19 heavy (non-hydrogen) atoms. The van der Waals surface area contributed by atoms with Crippen molar-refractivity contribution in [1.82, 2.24) is 5.32 Å². The van der Waals surface area contributed by atoms with E-state index >= 15 is 0 Å². The van der Waals surface area contributed by atoms with Gasteiger partial charge in [-0.2, -0.15) is 0 Å². The van der Waals surface area contributed by atoms with E-state index in [-0.39, 0.29) is 0 Å². The highest BCUT2D eigenvalue weighted by Crippen LogP contribution is 2.26. The lowest BCUT2D eigenvalue weighted by Gasteiger charge is -2.10. The molecule has 1 aliphatic carbocycles. The van der Waals surface area contributed by atoms with Crippen LogP contribution in [0.15, 0.2) is 30.3 Å². The van der Waals surface area contributed by atoms with Crippen LogP contribution in [0.5, 0.6) is 0 Å². The highest BCUT2D eigenvalue weighted by molar-refractivity contribution is 7.11. The van der Waals surface area contributed by atoms with E-state index < -0.39 is 0 Å². The number of fused-ring (bicyclic) bond motifs is 1. The van der Waals surface area contributed by atoms with E-state index in [1.807, 2.05) is 17.4 Å². The number of halogens is 1. The van der Waals surface area contributed by atoms with E-state index in [2.05, 4.69) is 36.5 Å². The van der Waals surface area contributed by atoms with Crippen molar-refractivity contribution in [2.75, 3.05) is 0 Å². The molecule has 0 saturated carbocycles. The third-order valence-corrected chi connectivity index (χ3v) is 5.20. The molecule has 0 bridgehead atoms. The standard InChI is InChI=1S/C16H18ClNS/c1-2-15-5-6-16(19-15)10-18-14-8-11-3-4-13(17)7-12(11)9-14/h3-7,14,18H,2,8-10H2,1H3. The van der Waals surface area contributed by atoms with Gasteiger partial charge in [-0.15, -0.1) is 11.3 Å². The fourth-order valence-corrected chi connectivity index (χ4v) is 3.79. The lowest BCUT2D eigenvalue weighted by atomic mass is 10.1. The molecule has 0 saturated heterocycles. The van der Waals surface area contributed by atoms with Crippen molar-refractivity contribution in [3.05, 3.63) is 56.2 Å². The van der Waals surface area contributed by atoms with Gasteiger partial charge in [0, 0.05) is 27.4 Å². The number of hydrogen-bond donors (Lipinski definition) is 1. The Morgan fingerprint density at radius 1 is 1.16 bits per heavy atom. The summed E-state index contributed by atoms with van der Waals surface area (Å²) >= 11 is 7.96. The predicted molar refractivity (Wildman–Crippen MR) is 83.2 cm³/mol. The fourth-order valence-electron chi connectivity index (χ4n) is 2.68. The Morgan fingerprint density at radius 3 is 2.74 bits per heavy atom. The Kier molecular flexibility index (Phi) is 3.92. The minimum absolute atomic E-state index is 0.556. The van der Waals surface area contributed by atoms with Crippen molar-refractivity contribution in [3.8, 4) is 0 Å². The molecule has 1 atom stereocenters. The summed E-state index contributed by atoms with van der Waals surface area (Å²) in [6, 6.07) is 11.3. The SMILES string of the molecule is CCc1ccc(CNC2Cc3ccc(Cl)cc3C2)s1. The van der Waals surface area contributed by atoms with Gasteiger partial charge >= 0.3 is 0 Å². The van der Waals surface area contributed by atoms with Gasteiger partial charge in [0.15, 0.2) is 0 Å². The molecule has 1 nitrogen and oxygen atoms in total. The molecule has 1 heterocycles. The van der Waals surface area contributed by atoms with Crippen molar-refractivity contribution >= 4 is 22.9 Å². The third kappa shape index (κ3) is 3.02. The lowest BCUT2D eigenvalue weighted by Crippen LogP contribution is -2.28. The van der Waals surface area contributed by atoms with Gasteiger partial charge in [0.05, 0.1) is 0 Å². The van der Waals surface area contributed by atoms with Crippen molar-refractivity contribution in [2.45, 2.75) is 38.8 Å². The molecule has 0 radical (unpaired) electrons. The molecule has 3 heteroatoms. The Balaban J connectivity index is 1.58. The van der Waals surface area contributed by atoms with Gasteiger partial charge in [0.1, 0.15) is 0 Å². The van der Waals surface area contributed by atoms with Gasteiger partial charge in [-0.3, -0.25) is 0 Å². The van der Waals surface area contributed by atoms with Gasteiger partial charge < -0.3 is 5.32 Å². The summed E-state index contributed by atoms with van der Waals surface area (Å²) in [5, 5.41) is 4.52. The average Bonchev–Trinajstić information content (AvgIpc) is 3.01. The van der Waals surface area contributed by atoms with Gasteiger partial charge in [-0.1, -0.05) is 24.6 Å². The summed E-state index contributed by atoms with van der Waals surface area (Å²) in [5.41, 5.74) is 2.85. The van der Waals surface area contributed by atoms with Crippen LogP contribution in [0.4, 0.5) is 0 Å². The van der Waals surface area contributed by atoms with Crippen molar-refractivity contribution in [2.24, 2.45) is 0 Å². The van der Waals surface area contributed by atoms with Crippen LogP contribution >= 0.6 is 22.9 Å². The van der Waals surface area contributed by atoms with Crippen LogP contribution < -0.4 is 5.32 Å². The lowest BCUT2D eigenvalue weighted by molar-refractivity contribution is 0.536. The summed E-state index contributed by atoms with van der Waals surface area (Å²) in [6.07, 6.45) is 3.36. The molecule has 1 unspecified atom stereocenters. The van der Waals surface area contributed by atoms with Crippen LogP contribution in [0.25, 0.3) is 0 Å². The first-order valence-corrected chi connectivity index (χ1v) is 8.02. The largest absolute Gasteiger partial charge is 0.308 e. The second-order valence-corrected chi connectivity index (χ2v) is 6.81. The monoisotopic (exact) mass is 291 g/mol. The first-order chi connectivity index (χ1) is 9.24. The zero-order valence-electron chi connectivity index (χ0n) is 11.1. The Hall–Kier alpha value is -0.830. The van der Waals surface area contributed by atoms with E-state index in [1.165, 1.54) is 20.9 Å². The predicted octanol–water partition coefficient (Wildman–Crippen LogP) is 4.22. The normalized spacial score (nSPS) is 17.7. The molecule has 0 amide bonds.